The van der Waals surface area contributed by atoms with E-state index in [1.54, 1.807) is 6.92 Å². The van der Waals surface area contributed by atoms with Gasteiger partial charge in [0.05, 0.1) is 11.0 Å². The summed E-state index contributed by atoms with van der Waals surface area (Å²) < 4.78 is 26.9. The largest absolute Gasteiger partial charge is 0.334 e. The number of nitrogens with zero attached hydrogens (tertiary/aromatic N) is 1. The average molecular weight is 335 g/mol. The molecule has 1 aliphatic rings. The van der Waals surface area contributed by atoms with Gasteiger partial charge in [-0.25, -0.2) is 13.1 Å². The first kappa shape index (κ1) is 17.4. The number of nitriles is 1. The molecular formula is C16H21N3O3S. The van der Waals surface area contributed by atoms with Crippen molar-refractivity contribution >= 4 is 15.9 Å². The van der Waals surface area contributed by atoms with Crippen molar-refractivity contribution in [3.63, 3.8) is 0 Å². The van der Waals surface area contributed by atoms with Crippen molar-refractivity contribution in [1.82, 2.24) is 10.0 Å². The molecular weight excluding hydrogens is 314 g/mol. The minimum absolute atomic E-state index is 0.119. The standard InChI is InChI=1S/C16H21N3O3S/c1-3-12(2)19-23(21,22)14-7-5-13(6-8-14)15(20)18-16(11-17)9-4-10-16/h5-8,12,19H,3-4,9-10H2,1-2H3,(H,18,20)/t12-/m1/s1. The molecule has 2 N–H and O–H groups in total. The van der Waals surface area contributed by atoms with Crippen molar-refractivity contribution in [3.8, 4) is 6.07 Å². The zero-order valence-electron chi connectivity index (χ0n) is 13.3. The van der Waals surface area contributed by atoms with Gasteiger partial charge in [-0.1, -0.05) is 6.92 Å². The van der Waals surface area contributed by atoms with E-state index in [2.05, 4.69) is 16.1 Å². The highest BCUT2D eigenvalue weighted by molar-refractivity contribution is 7.89. The molecule has 7 heteroatoms. The van der Waals surface area contributed by atoms with E-state index in [1.165, 1.54) is 24.3 Å². The summed E-state index contributed by atoms with van der Waals surface area (Å²) in [6, 6.07) is 7.72. The lowest BCUT2D eigenvalue weighted by atomic mass is 9.78. The lowest BCUT2D eigenvalue weighted by Crippen LogP contribution is -2.52. The monoisotopic (exact) mass is 335 g/mol. The molecule has 0 unspecified atom stereocenters. The van der Waals surface area contributed by atoms with E-state index in [0.29, 0.717) is 24.8 Å². The minimum Gasteiger partial charge on any atom is -0.334 e. The van der Waals surface area contributed by atoms with Crippen LogP contribution in [0.1, 0.15) is 49.9 Å². The van der Waals surface area contributed by atoms with Gasteiger partial charge in [-0.3, -0.25) is 4.79 Å². The Balaban J connectivity index is 2.10. The highest BCUT2D eigenvalue weighted by Gasteiger charge is 2.38. The number of rotatable bonds is 6. The van der Waals surface area contributed by atoms with Crippen LogP contribution in [0.3, 0.4) is 0 Å². The van der Waals surface area contributed by atoms with Crippen LogP contribution in [0.2, 0.25) is 0 Å². The second-order valence-electron chi connectivity index (χ2n) is 5.96. The number of hydrogen-bond acceptors (Lipinski definition) is 4. The van der Waals surface area contributed by atoms with Crippen LogP contribution in [0.5, 0.6) is 0 Å². The van der Waals surface area contributed by atoms with Crippen LogP contribution in [-0.2, 0) is 10.0 Å². The maximum atomic E-state index is 12.2. The van der Waals surface area contributed by atoms with Crippen LogP contribution in [0, 0.1) is 11.3 Å². The number of sulfonamides is 1. The molecule has 0 saturated heterocycles. The van der Waals surface area contributed by atoms with Gasteiger partial charge in [0.2, 0.25) is 10.0 Å². The highest BCUT2D eigenvalue weighted by atomic mass is 32.2. The van der Waals surface area contributed by atoms with Gasteiger partial charge in [0.1, 0.15) is 5.54 Å². The number of hydrogen-bond donors (Lipinski definition) is 2. The predicted octanol–water partition coefficient (Wildman–Crippen LogP) is 1.94. The fourth-order valence-electron chi connectivity index (χ4n) is 2.29. The first-order chi connectivity index (χ1) is 10.8. The molecule has 1 saturated carbocycles. The molecule has 23 heavy (non-hydrogen) atoms. The van der Waals surface area contributed by atoms with Crippen LogP contribution >= 0.6 is 0 Å². The zero-order chi connectivity index (χ0) is 17.1. The second kappa shape index (κ2) is 6.69. The third-order valence-electron chi connectivity index (χ3n) is 4.17. The number of carbonyl (C=O) groups excluding carboxylic acids is 1. The summed E-state index contributed by atoms with van der Waals surface area (Å²) in [6.07, 6.45) is 2.92. The molecule has 0 aliphatic heterocycles. The molecule has 0 spiro atoms. The fourth-order valence-corrected chi connectivity index (χ4v) is 3.61. The molecule has 1 fully saturated rings. The summed E-state index contributed by atoms with van der Waals surface area (Å²) in [5.74, 6) is -0.356. The van der Waals surface area contributed by atoms with E-state index in [-0.39, 0.29) is 16.8 Å². The van der Waals surface area contributed by atoms with E-state index in [9.17, 15) is 13.2 Å². The maximum Gasteiger partial charge on any atom is 0.252 e. The maximum absolute atomic E-state index is 12.2. The van der Waals surface area contributed by atoms with E-state index >= 15 is 0 Å². The van der Waals surface area contributed by atoms with E-state index < -0.39 is 15.6 Å². The van der Waals surface area contributed by atoms with Crippen LogP contribution < -0.4 is 10.0 Å². The number of amides is 1. The SMILES string of the molecule is CC[C@@H](C)NS(=O)(=O)c1ccc(C(=O)NC2(C#N)CCC2)cc1. The Hall–Kier alpha value is -1.91. The molecule has 2 rings (SSSR count). The second-order valence-corrected chi connectivity index (χ2v) is 7.67. The van der Waals surface area contributed by atoms with Crippen LogP contribution in [0.25, 0.3) is 0 Å². The number of benzene rings is 1. The van der Waals surface area contributed by atoms with Gasteiger partial charge in [0.15, 0.2) is 0 Å². The Morgan fingerprint density at radius 1 is 1.35 bits per heavy atom. The summed E-state index contributed by atoms with van der Waals surface area (Å²) in [7, 11) is -3.58. The molecule has 1 aromatic carbocycles. The van der Waals surface area contributed by atoms with Gasteiger partial charge in [-0.05, 0) is 56.9 Å². The molecule has 0 aromatic heterocycles. The lowest BCUT2D eigenvalue weighted by Gasteiger charge is -2.35. The van der Waals surface area contributed by atoms with Crippen molar-refractivity contribution in [1.29, 1.82) is 5.26 Å². The molecule has 124 valence electrons. The highest BCUT2D eigenvalue weighted by Crippen LogP contribution is 2.31. The Labute approximate surface area is 136 Å². The molecule has 0 heterocycles. The molecule has 0 bridgehead atoms. The molecule has 1 atom stereocenters. The van der Waals surface area contributed by atoms with Gasteiger partial charge < -0.3 is 5.32 Å². The molecule has 1 aromatic rings. The lowest BCUT2D eigenvalue weighted by molar-refractivity contribution is 0.0881. The molecule has 6 nitrogen and oxygen atoms in total. The third-order valence-corrected chi connectivity index (χ3v) is 5.77. The van der Waals surface area contributed by atoms with Gasteiger partial charge in [0.25, 0.3) is 5.91 Å². The Kier molecular flexibility index (Phi) is 5.07. The smallest absolute Gasteiger partial charge is 0.252 e. The minimum atomic E-state index is -3.58. The van der Waals surface area contributed by atoms with Crippen LogP contribution in [0.4, 0.5) is 0 Å². The first-order valence-electron chi connectivity index (χ1n) is 7.68. The Bertz CT molecular complexity index is 716. The van der Waals surface area contributed by atoms with E-state index in [0.717, 1.165) is 6.42 Å². The van der Waals surface area contributed by atoms with Gasteiger partial charge >= 0.3 is 0 Å². The summed E-state index contributed by atoms with van der Waals surface area (Å²) in [5, 5.41) is 11.9. The van der Waals surface area contributed by atoms with Crippen LogP contribution in [-0.4, -0.2) is 25.9 Å². The van der Waals surface area contributed by atoms with Gasteiger partial charge in [0, 0.05) is 11.6 Å². The normalized spacial score (nSPS) is 17.6. The fraction of sp³-hybridized carbons (Fsp3) is 0.500. The molecule has 1 amide bonds. The van der Waals surface area contributed by atoms with Crippen molar-refractivity contribution < 1.29 is 13.2 Å². The van der Waals surface area contributed by atoms with Crippen molar-refractivity contribution in [2.45, 2.75) is 56.0 Å². The van der Waals surface area contributed by atoms with Crippen LogP contribution in [0.15, 0.2) is 29.2 Å². The van der Waals surface area contributed by atoms with Gasteiger partial charge in [-0.2, -0.15) is 5.26 Å². The predicted molar refractivity (Wildman–Crippen MR) is 86.2 cm³/mol. The Morgan fingerprint density at radius 3 is 2.39 bits per heavy atom. The summed E-state index contributed by atoms with van der Waals surface area (Å²) in [4.78, 5) is 12.3. The summed E-state index contributed by atoms with van der Waals surface area (Å²) >= 11 is 0. The topological polar surface area (TPSA) is 99.1 Å². The summed E-state index contributed by atoms with van der Waals surface area (Å²) in [5.41, 5.74) is -0.422. The average Bonchev–Trinajstić information content (AvgIpc) is 2.50. The first-order valence-corrected chi connectivity index (χ1v) is 9.16. The molecule has 1 aliphatic carbocycles. The third kappa shape index (κ3) is 3.89. The van der Waals surface area contributed by atoms with Crippen molar-refractivity contribution in [2.24, 2.45) is 0 Å². The zero-order valence-corrected chi connectivity index (χ0v) is 14.1. The van der Waals surface area contributed by atoms with Gasteiger partial charge in [-0.15, -0.1) is 0 Å². The number of carbonyl (C=O) groups is 1. The molecule has 0 radical (unpaired) electrons. The number of nitrogens with one attached hydrogen (secondary N) is 2. The van der Waals surface area contributed by atoms with Crippen molar-refractivity contribution in [3.05, 3.63) is 29.8 Å². The summed E-state index contributed by atoms with van der Waals surface area (Å²) in [6.45, 7) is 3.69. The van der Waals surface area contributed by atoms with Crippen molar-refractivity contribution in [2.75, 3.05) is 0 Å². The van der Waals surface area contributed by atoms with E-state index in [1.807, 2.05) is 6.92 Å². The Morgan fingerprint density at radius 2 is 1.96 bits per heavy atom. The van der Waals surface area contributed by atoms with E-state index in [4.69, 9.17) is 5.26 Å². The quantitative estimate of drug-likeness (QED) is 0.830.